The fourth-order valence-corrected chi connectivity index (χ4v) is 2.79. The van der Waals surface area contributed by atoms with Gasteiger partial charge in [-0.3, -0.25) is 0 Å². The fraction of sp³-hybridized carbons (Fsp3) is 0.158. The van der Waals surface area contributed by atoms with Crippen LogP contribution in [0.4, 0.5) is 0 Å². The number of phenolic OH excluding ortho intramolecular Hbond substituents is 1. The summed E-state index contributed by atoms with van der Waals surface area (Å²) < 4.78 is 16.2. The van der Waals surface area contributed by atoms with E-state index in [1.54, 1.807) is 27.4 Å². The van der Waals surface area contributed by atoms with Crippen molar-refractivity contribution < 1.29 is 19.3 Å². The molecular formula is C19H18O4. The Labute approximate surface area is 134 Å². The molecule has 0 aliphatic carbocycles. The first-order valence-electron chi connectivity index (χ1n) is 7.20. The Hall–Kier alpha value is -2.88. The second-order valence-corrected chi connectivity index (χ2v) is 5.09. The molecule has 0 radical (unpaired) electrons. The highest BCUT2D eigenvalue weighted by atomic mass is 16.5. The van der Waals surface area contributed by atoms with Crippen LogP contribution in [0.5, 0.6) is 23.0 Å². The van der Waals surface area contributed by atoms with Gasteiger partial charge < -0.3 is 19.3 Å². The molecule has 0 fully saturated rings. The fourth-order valence-electron chi connectivity index (χ4n) is 2.79. The minimum Gasteiger partial charge on any atom is -0.507 e. The van der Waals surface area contributed by atoms with Crippen molar-refractivity contribution in [3.8, 4) is 34.1 Å². The molecule has 0 atom stereocenters. The van der Waals surface area contributed by atoms with Crippen LogP contribution in [-0.2, 0) is 0 Å². The quantitative estimate of drug-likeness (QED) is 0.783. The first kappa shape index (κ1) is 15.0. The maximum Gasteiger partial charge on any atom is 0.203 e. The molecule has 0 saturated carbocycles. The van der Waals surface area contributed by atoms with E-state index in [4.69, 9.17) is 14.2 Å². The number of fused-ring (bicyclic) bond motifs is 1. The lowest BCUT2D eigenvalue weighted by Crippen LogP contribution is -1.96. The van der Waals surface area contributed by atoms with E-state index in [0.29, 0.717) is 17.2 Å². The molecule has 4 heteroatoms. The van der Waals surface area contributed by atoms with Gasteiger partial charge >= 0.3 is 0 Å². The van der Waals surface area contributed by atoms with Crippen molar-refractivity contribution in [3.05, 3.63) is 48.5 Å². The van der Waals surface area contributed by atoms with Crippen LogP contribution >= 0.6 is 0 Å². The van der Waals surface area contributed by atoms with E-state index in [0.717, 1.165) is 21.9 Å². The molecule has 118 valence electrons. The van der Waals surface area contributed by atoms with E-state index < -0.39 is 0 Å². The second kappa shape index (κ2) is 6.08. The summed E-state index contributed by atoms with van der Waals surface area (Å²) in [4.78, 5) is 0. The molecule has 0 aliphatic heterocycles. The molecule has 1 N–H and O–H groups in total. The average molecular weight is 310 g/mol. The summed E-state index contributed by atoms with van der Waals surface area (Å²) in [6.45, 7) is 0. The zero-order valence-corrected chi connectivity index (χ0v) is 13.3. The smallest absolute Gasteiger partial charge is 0.203 e. The predicted octanol–water partition coefficient (Wildman–Crippen LogP) is 4.24. The zero-order chi connectivity index (χ0) is 16.4. The normalized spacial score (nSPS) is 10.6. The summed E-state index contributed by atoms with van der Waals surface area (Å²) in [5.41, 5.74) is 1.54. The van der Waals surface area contributed by atoms with Crippen LogP contribution in [0.25, 0.3) is 21.9 Å². The van der Waals surface area contributed by atoms with Gasteiger partial charge in [-0.2, -0.15) is 0 Å². The molecule has 0 amide bonds. The van der Waals surface area contributed by atoms with Crippen molar-refractivity contribution in [1.29, 1.82) is 0 Å². The molecule has 0 aliphatic rings. The molecule has 0 spiro atoms. The topological polar surface area (TPSA) is 47.9 Å². The number of ether oxygens (including phenoxy) is 3. The van der Waals surface area contributed by atoms with Crippen molar-refractivity contribution in [2.24, 2.45) is 0 Å². The number of methoxy groups -OCH3 is 3. The van der Waals surface area contributed by atoms with Gasteiger partial charge in [-0.05, 0) is 34.5 Å². The summed E-state index contributed by atoms with van der Waals surface area (Å²) in [7, 11) is 4.71. The minimum absolute atomic E-state index is 0.206. The van der Waals surface area contributed by atoms with Crippen molar-refractivity contribution in [2.45, 2.75) is 0 Å². The van der Waals surface area contributed by atoms with Crippen LogP contribution in [0.1, 0.15) is 0 Å². The first-order valence-corrected chi connectivity index (χ1v) is 7.20. The van der Waals surface area contributed by atoms with Gasteiger partial charge in [0.25, 0.3) is 0 Å². The Morgan fingerprint density at radius 3 is 2.04 bits per heavy atom. The SMILES string of the molecule is COc1cc(-c2c(O)ccc3ccccc23)cc(OC)c1OC. The number of phenols is 1. The number of hydrogen-bond donors (Lipinski definition) is 1. The second-order valence-electron chi connectivity index (χ2n) is 5.09. The van der Waals surface area contributed by atoms with Gasteiger partial charge in [-0.1, -0.05) is 30.3 Å². The van der Waals surface area contributed by atoms with E-state index in [2.05, 4.69) is 0 Å². The van der Waals surface area contributed by atoms with Crippen LogP contribution in [0, 0.1) is 0 Å². The maximum absolute atomic E-state index is 10.4. The highest BCUT2D eigenvalue weighted by Crippen LogP contribution is 2.44. The van der Waals surface area contributed by atoms with Gasteiger partial charge in [0.15, 0.2) is 11.5 Å². The summed E-state index contributed by atoms with van der Waals surface area (Å²) >= 11 is 0. The lowest BCUT2D eigenvalue weighted by atomic mass is 9.96. The molecule has 0 unspecified atom stereocenters. The Bertz CT molecular complexity index is 830. The van der Waals surface area contributed by atoms with E-state index in [-0.39, 0.29) is 5.75 Å². The van der Waals surface area contributed by atoms with E-state index in [1.807, 2.05) is 42.5 Å². The van der Waals surface area contributed by atoms with E-state index in [1.165, 1.54) is 0 Å². The maximum atomic E-state index is 10.4. The molecule has 3 aromatic rings. The number of benzene rings is 3. The van der Waals surface area contributed by atoms with Gasteiger partial charge in [0.1, 0.15) is 5.75 Å². The summed E-state index contributed by atoms with van der Waals surface area (Å²) in [5, 5.41) is 12.4. The third-order valence-corrected chi connectivity index (χ3v) is 3.86. The van der Waals surface area contributed by atoms with Crippen LogP contribution < -0.4 is 14.2 Å². The van der Waals surface area contributed by atoms with Crippen molar-refractivity contribution in [1.82, 2.24) is 0 Å². The molecular weight excluding hydrogens is 292 g/mol. The van der Waals surface area contributed by atoms with E-state index in [9.17, 15) is 5.11 Å². The monoisotopic (exact) mass is 310 g/mol. The number of aromatic hydroxyl groups is 1. The molecule has 3 rings (SSSR count). The Balaban J connectivity index is 2.33. The van der Waals surface area contributed by atoms with Crippen LogP contribution in [-0.4, -0.2) is 26.4 Å². The molecule has 0 aromatic heterocycles. The molecule has 0 bridgehead atoms. The van der Waals surface area contributed by atoms with Gasteiger partial charge in [-0.25, -0.2) is 0 Å². The summed E-state index contributed by atoms with van der Waals surface area (Å²) in [6, 6.07) is 15.2. The van der Waals surface area contributed by atoms with Crippen LogP contribution in [0.3, 0.4) is 0 Å². The largest absolute Gasteiger partial charge is 0.507 e. The highest BCUT2D eigenvalue weighted by molar-refractivity contribution is 6.00. The first-order chi connectivity index (χ1) is 11.2. The van der Waals surface area contributed by atoms with Crippen molar-refractivity contribution >= 4 is 10.8 Å². The standard InChI is InChI=1S/C19H18O4/c1-21-16-10-13(11-17(22-2)19(16)23-3)18-14-7-5-4-6-12(14)8-9-15(18)20/h4-11,20H,1-3H3. The molecule has 4 nitrogen and oxygen atoms in total. The third-order valence-electron chi connectivity index (χ3n) is 3.86. The average Bonchev–Trinajstić information content (AvgIpc) is 2.60. The van der Waals surface area contributed by atoms with Crippen LogP contribution in [0.15, 0.2) is 48.5 Å². The Morgan fingerprint density at radius 1 is 0.783 bits per heavy atom. The molecule has 3 aromatic carbocycles. The lowest BCUT2D eigenvalue weighted by molar-refractivity contribution is 0.324. The van der Waals surface area contributed by atoms with Crippen molar-refractivity contribution in [2.75, 3.05) is 21.3 Å². The van der Waals surface area contributed by atoms with Gasteiger partial charge in [-0.15, -0.1) is 0 Å². The Kier molecular flexibility index (Phi) is 3.98. The van der Waals surface area contributed by atoms with E-state index >= 15 is 0 Å². The van der Waals surface area contributed by atoms with Gasteiger partial charge in [0.2, 0.25) is 5.75 Å². The third kappa shape index (κ3) is 2.52. The highest BCUT2D eigenvalue weighted by Gasteiger charge is 2.17. The minimum atomic E-state index is 0.206. The molecule has 0 heterocycles. The zero-order valence-electron chi connectivity index (χ0n) is 13.3. The number of rotatable bonds is 4. The Morgan fingerprint density at radius 2 is 1.43 bits per heavy atom. The van der Waals surface area contributed by atoms with Gasteiger partial charge in [0, 0.05) is 5.56 Å². The molecule has 0 saturated heterocycles. The van der Waals surface area contributed by atoms with Gasteiger partial charge in [0.05, 0.1) is 21.3 Å². The summed E-state index contributed by atoms with van der Waals surface area (Å²) in [6.07, 6.45) is 0. The summed E-state index contributed by atoms with van der Waals surface area (Å²) in [5.74, 6) is 1.83. The lowest BCUT2D eigenvalue weighted by Gasteiger charge is -2.16. The number of hydrogen-bond acceptors (Lipinski definition) is 4. The van der Waals surface area contributed by atoms with Crippen molar-refractivity contribution in [3.63, 3.8) is 0 Å². The molecule has 23 heavy (non-hydrogen) atoms. The predicted molar refractivity (Wildman–Crippen MR) is 90.7 cm³/mol. The van der Waals surface area contributed by atoms with Crippen LogP contribution in [0.2, 0.25) is 0 Å².